The number of fused-ring (bicyclic) bond motifs is 1. The average molecular weight is 533 g/mol. The predicted molar refractivity (Wildman–Crippen MR) is 117 cm³/mol. The number of rotatable bonds is 8. The van der Waals surface area contributed by atoms with Crippen LogP contribution in [0.15, 0.2) is 50.6 Å². The van der Waals surface area contributed by atoms with Gasteiger partial charge in [-0.3, -0.25) is 23.1 Å². The first-order valence-corrected chi connectivity index (χ1v) is 13.6. The van der Waals surface area contributed by atoms with Crippen molar-refractivity contribution in [2.24, 2.45) is 0 Å². The second-order valence-electron chi connectivity index (χ2n) is 7.84. The van der Waals surface area contributed by atoms with E-state index in [1.165, 1.54) is 0 Å². The van der Waals surface area contributed by atoms with Crippen LogP contribution in [0.5, 0.6) is 0 Å². The van der Waals surface area contributed by atoms with Gasteiger partial charge in [0.15, 0.2) is 17.7 Å². The Morgan fingerprint density at radius 3 is 2.49 bits per heavy atom. The van der Waals surface area contributed by atoms with Crippen molar-refractivity contribution in [3.8, 4) is 0 Å². The Morgan fingerprint density at radius 2 is 1.77 bits per heavy atom. The SMILES string of the molecule is O=c1ccn([C@@H]2O[C@H](COP(=O)(O)CP(=O)(O)O)[C@H](O)C2O)c(=O)n1Cc1noc2ccccc12. The van der Waals surface area contributed by atoms with Crippen LogP contribution >= 0.6 is 15.2 Å². The molecule has 2 aromatic heterocycles. The molecule has 17 heteroatoms. The molecule has 15 nitrogen and oxygen atoms in total. The van der Waals surface area contributed by atoms with Gasteiger partial charge in [0, 0.05) is 17.6 Å². The fourth-order valence-electron chi connectivity index (χ4n) is 3.63. The number of aliphatic hydroxyl groups excluding tert-OH is 2. The van der Waals surface area contributed by atoms with Crippen LogP contribution in [-0.4, -0.2) is 70.0 Å². The number of nitrogens with zero attached hydrogens (tertiary/aromatic N) is 3. The lowest BCUT2D eigenvalue weighted by Gasteiger charge is -2.19. The predicted octanol–water partition coefficient (Wildman–Crippen LogP) is -0.844. The third kappa shape index (κ3) is 5.54. The molecule has 5 N–H and O–H groups in total. The first-order valence-electron chi connectivity index (χ1n) is 10.0. The molecule has 1 aromatic carbocycles. The number of hydrogen-bond acceptors (Lipinski definition) is 10. The van der Waals surface area contributed by atoms with Crippen LogP contribution in [0.2, 0.25) is 0 Å². The second kappa shape index (κ2) is 9.54. The zero-order valence-corrected chi connectivity index (χ0v) is 19.5. The summed E-state index contributed by atoms with van der Waals surface area (Å²) in [7, 11) is -9.62. The summed E-state index contributed by atoms with van der Waals surface area (Å²) in [5.74, 6) is -1.45. The third-order valence-electron chi connectivity index (χ3n) is 5.27. The van der Waals surface area contributed by atoms with E-state index in [2.05, 4.69) is 9.68 Å². The number of para-hydroxylation sites is 1. The zero-order valence-electron chi connectivity index (χ0n) is 17.7. The van der Waals surface area contributed by atoms with Gasteiger partial charge in [0.2, 0.25) is 0 Å². The highest BCUT2D eigenvalue weighted by molar-refractivity contribution is 7.70. The number of ether oxygens (including phenoxy) is 1. The van der Waals surface area contributed by atoms with Crippen LogP contribution in [0.1, 0.15) is 11.9 Å². The summed E-state index contributed by atoms with van der Waals surface area (Å²) in [6.07, 6.45) is -5.29. The quantitative estimate of drug-likeness (QED) is 0.223. The minimum atomic E-state index is -4.87. The maximum atomic E-state index is 13.1. The van der Waals surface area contributed by atoms with Crippen LogP contribution in [0.4, 0.5) is 0 Å². The molecule has 3 heterocycles. The van der Waals surface area contributed by atoms with Crippen molar-refractivity contribution >= 4 is 26.2 Å². The molecule has 1 saturated heterocycles. The number of benzene rings is 1. The van der Waals surface area contributed by atoms with Crippen molar-refractivity contribution in [2.75, 3.05) is 12.5 Å². The Kier molecular flexibility index (Phi) is 6.99. The summed E-state index contributed by atoms with van der Waals surface area (Å²) in [5, 5.41) is 25.2. The third-order valence-corrected chi connectivity index (χ3v) is 8.73. The number of aromatic nitrogens is 3. The second-order valence-corrected chi connectivity index (χ2v) is 11.8. The van der Waals surface area contributed by atoms with Crippen LogP contribution in [0, 0.1) is 0 Å². The van der Waals surface area contributed by atoms with Gasteiger partial charge in [-0.1, -0.05) is 17.3 Å². The Morgan fingerprint density at radius 1 is 1.06 bits per heavy atom. The summed E-state index contributed by atoms with van der Waals surface area (Å²) < 4.78 is 39.7. The normalized spacial score (nSPS) is 24.6. The molecule has 0 saturated carbocycles. The van der Waals surface area contributed by atoms with Gasteiger partial charge in [0.05, 0.1) is 13.2 Å². The van der Waals surface area contributed by atoms with Gasteiger partial charge in [-0.05, 0) is 12.1 Å². The molecule has 1 aliphatic rings. The van der Waals surface area contributed by atoms with Crippen molar-refractivity contribution in [2.45, 2.75) is 31.1 Å². The smallest absolute Gasteiger partial charge is 0.340 e. The summed E-state index contributed by atoms with van der Waals surface area (Å²) >= 11 is 0. The molecule has 190 valence electrons. The van der Waals surface area contributed by atoms with E-state index in [4.69, 9.17) is 19.0 Å². The molecule has 4 rings (SSSR count). The van der Waals surface area contributed by atoms with Crippen molar-refractivity contribution in [1.82, 2.24) is 14.3 Å². The average Bonchev–Trinajstić information content (AvgIpc) is 3.30. The minimum Gasteiger partial charge on any atom is -0.387 e. The Balaban J connectivity index is 1.56. The van der Waals surface area contributed by atoms with Crippen LogP contribution in [0.25, 0.3) is 11.0 Å². The molecular weight excluding hydrogens is 512 g/mol. The standard InChI is InChI=1S/C18H21N3O12P2/c22-14-5-6-20(18(25)21(14)7-11-10-3-1-2-4-12(10)33-19-11)17-16(24)15(23)13(32-17)8-31-35(29,30)9-34(26,27)28/h1-6,13,15-17,23-24H,7-9H2,(H,29,30)(H2,26,27,28)/t13-,15+,16?,17-/m1/s1. The fraction of sp³-hybridized carbons (Fsp3) is 0.389. The maximum Gasteiger partial charge on any atom is 0.340 e. The first-order chi connectivity index (χ1) is 16.4. The maximum absolute atomic E-state index is 13.1. The minimum absolute atomic E-state index is 0.260. The topological polar surface area (TPSA) is 224 Å². The molecular formula is C18H21N3O12P2. The van der Waals surface area contributed by atoms with E-state index >= 15 is 0 Å². The van der Waals surface area contributed by atoms with Crippen molar-refractivity contribution in [3.05, 3.63) is 63.1 Å². The van der Waals surface area contributed by atoms with Gasteiger partial charge in [-0.15, -0.1) is 0 Å². The van der Waals surface area contributed by atoms with E-state index < -0.39 is 63.5 Å². The summed E-state index contributed by atoms with van der Waals surface area (Å²) in [6, 6.07) is 7.86. The highest BCUT2D eigenvalue weighted by Gasteiger charge is 2.45. The lowest BCUT2D eigenvalue weighted by atomic mass is 10.1. The van der Waals surface area contributed by atoms with Crippen LogP contribution in [-0.2, 0) is 24.9 Å². The zero-order chi connectivity index (χ0) is 25.5. The van der Waals surface area contributed by atoms with Crippen LogP contribution < -0.4 is 11.2 Å². The van der Waals surface area contributed by atoms with Gasteiger partial charge in [0.25, 0.3) is 5.56 Å². The lowest BCUT2D eigenvalue weighted by molar-refractivity contribution is -0.0530. The summed E-state index contributed by atoms with van der Waals surface area (Å²) in [6.45, 7) is -1.08. The Bertz CT molecular complexity index is 1440. The summed E-state index contributed by atoms with van der Waals surface area (Å²) in [5.41, 5.74) is -0.825. The van der Waals surface area contributed by atoms with Crippen molar-refractivity contribution < 1.29 is 47.8 Å². The molecule has 5 atom stereocenters. The molecule has 1 aliphatic heterocycles. The molecule has 2 unspecified atom stereocenters. The molecule has 0 radical (unpaired) electrons. The van der Waals surface area contributed by atoms with Gasteiger partial charge < -0.3 is 38.7 Å². The van der Waals surface area contributed by atoms with Crippen molar-refractivity contribution in [1.29, 1.82) is 0 Å². The van der Waals surface area contributed by atoms with Gasteiger partial charge in [-0.2, -0.15) is 0 Å². The number of aliphatic hydroxyl groups is 2. The van der Waals surface area contributed by atoms with Gasteiger partial charge in [0.1, 0.15) is 24.0 Å². The molecule has 0 amide bonds. The molecule has 0 spiro atoms. The molecule has 1 fully saturated rings. The van der Waals surface area contributed by atoms with E-state index in [9.17, 15) is 33.8 Å². The molecule has 35 heavy (non-hydrogen) atoms. The molecule has 0 bridgehead atoms. The molecule has 0 aliphatic carbocycles. The number of hydrogen-bond donors (Lipinski definition) is 5. The van der Waals surface area contributed by atoms with Gasteiger partial charge in [-0.25, -0.2) is 4.79 Å². The van der Waals surface area contributed by atoms with E-state index in [1.807, 2.05) is 0 Å². The Labute approximate surface area is 195 Å². The van der Waals surface area contributed by atoms with Crippen molar-refractivity contribution in [3.63, 3.8) is 0 Å². The monoisotopic (exact) mass is 533 g/mol. The van der Waals surface area contributed by atoms with Gasteiger partial charge >= 0.3 is 20.9 Å². The first kappa shape index (κ1) is 25.6. The van der Waals surface area contributed by atoms with Crippen LogP contribution in [0.3, 0.4) is 0 Å². The Hall–Kier alpha value is -2.45. The highest BCUT2D eigenvalue weighted by atomic mass is 31.2. The van der Waals surface area contributed by atoms with E-state index in [0.29, 0.717) is 16.7 Å². The fourth-order valence-corrected chi connectivity index (χ4v) is 6.20. The van der Waals surface area contributed by atoms with E-state index in [1.54, 1.807) is 24.3 Å². The highest BCUT2D eigenvalue weighted by Crippen LogP contribution is 2.55. The largest absolute Gasteiger partial charge is 0.387 e. The lowest BCUT2D eigenvalue weighted by Crippen LogP contribution is -2.43. The van der Waals surface area contributed by atoms with E-state index in [-0.39, 0.29) is 6.54 Å². The van der Waals surface area contributed by atoms with E-state index in [0.717, 1.165) is 21.4 Å². The summed E-state index contributed by atoms with van der Waals surface area (Å²) in [4.78, 5) is 52.8. The molecule has 3 aromatic rings.